The van der Waals surface area contributed by atoms with Gasteiger partial charge in [0.25, 0.3) is 0 Å². The summed E-state index contributed by atoms with van der Waals surface area (Å²) in [6, 6.07) is 0. The molecule has 3 aliphatic rings. The zero-order valence-corrected chi connectivity index (χ0v) is 13.9. The summed E-state index contributed by atoms with van der Waals surface area (Å²) in [5.74, 6) is 1.59. The van der Waals surface area contributed by atoms with Gasteiger partial charge >= 0.3 is 5.97 Å². The molecule has 1 aliphatic heterocycles. The molecule has 124 valence electrons. The SMILES string of the molecule is CC1=NCC(OC(=O)C2(C3CCCCC3)CCCCC2)CN1. The maximum Gasteiger partial charge on any atom is 0.312 e. The highest BCUT2D eigenvalue weighted by Crippen LogP contribution is 2.49. The highest BCUT2D eigenvalue weighted by atomic mass is 16.5. The van der Waals surface area contributed by atoms with Crippen LogP contribution in [0.2, 0.25) is 0 Å². The fraction of sp³-hybridized carbons (Fsp3) is 0.889. The van der Waals surface area contributed by atoms with E-state index in [9.17, 15) is 4.79 Å². The van der Waals surface area contributed by atoms with Crippen molar-refractivity contribution in [2.24, 2.45) is 16.3 Å². The van der Waals surface area contributed by atoms with E-state index in [1.807, 2.05) is 6.92 Å². The number of carbonyl (C=O) groups is 1. The third kappa shape index (κ3) is 3.31. The van der Waals surface area contributed by atoms with Gasteiger partial charge in [0.1, 0.15) is 6.10 Å². The van der Waals surface area contributed by atoms with Crippen LogP contribution in [-0.4, -0.2) is 31.0 Å². The molecule has 0 spiro atoms. The Kier molecular flexibility index (Phi) is 5.04. The molecule has 0 radical (unpaired) electrons. The van der Waals surface area contributed by atoms with Crippen molar-refractivity contribution >= 4 is 11.8 Å². The Hall–Kier alpha value is -1.06. The molecule has 1 atom stereocenters. The van der Waals surface area contributed by atoms with Gasteiger partial charge in [-0.05, 0) is 38.5 Å². The predicted molar refractivity (Wildman–Crippen MR) is 88.0 cm³/mol. The maximum atomic E-state index is 13.1. The zero-order chi connectivity index (χ0) is 15.4. The summed E-state index contributed by atoms with van der Waals surface area (Å²) >= 11 is 0. The molecule has 2 aliphatic carbocycles. The summed E-state index contributed by atoms with van der Waals surface area (Å²) in [6.45, 7) is 3.29. The van der Waals surface area contributed by atoms with Crippen molar-refractivity contribution in [3.8, 4) is 0 Å². The van der Waals surface area contributed by atoms with Gasteiger partial charge in [-0.2, -0.15) is 0 Å². The number of hydrogen-bond acceptors (Lipinski definition) is 4. The number of aliphatic imine (C=N–C) groups is 1. The van der Waals surface area contributed by atoms with Gasteiger partial charge in [-0.3, -0.25) is 9.79 Å². The fourth-order valence-corrected chi connectivity index (χ4v) is 4.59. The second-order valence-electron chi connectivity index (χ2n) is 7.39. The van der Waals surface area contributed by atoms with Crippen LogP contribution < -0.4 is 5.32 Å². The number of esters is 1. The Morgan fingerprint density at radius 2 is 1.82 bits per heavy atom. The van der Waals surface area contributed by atoms with Crippen LogP contribution in [0.25, 0.3) is 0 Å². The van der Waals surface area contributed by atoms with E-state index in [-0.39, 0.29) is 17.5 Å². The van der Waals surface area contributed by atoms with Gasteiger partial charge in [0.2, 0.25) is 0 Å². The Balaban J connectivity index is 1.69. The molecule has 2 saturated carbocycles. The average molecular weight is 306 g/mol. The van der Waals surface area contributed by atoms with Crippen molar-refractivity contribution in [3.05, 3.63) is 0 Å². The van der Waals surface area contributed by atoms with Crippen LogP contribution in [0.1, 0.15) is 71.1 Å². The van der Waals surface area contributed by atoms with Crippen LogP contribution in [-0.2, 0) is 9.53 Å². The number of nitrogens with one attached hydrogen (secondary N) is 1. The first-order valence-corrected chi connectivity index (χ1v) is 9.17. The normalized spacial score (nSPS) is 29.3. The molecule has 4 heteroatoms. The standard InChI is InChI=1S/C18H30N2O2/c1-14-19-12-16(13-20-14)22-17(21)18(10-6-3-7-11-18)15-8-4-2-5-9-15/h15-16H,2-13H2,1H3,(H,19,20). The predicted octanol–water partition coefficient (Wildman–Crippen LogP) is 3.45. The van der Waals surface area contributed by atoms with Gasteiger partial charge < -0.3 is 10.1 Å². The van der Waals surface area contributed by atoms with Crippen molar-refractivity contribution in [2.45, 2.75) is 77.2 Å². The van der Waals surface area contributed by atoms with Crippen LogP contribution in [0.3, 0.4) is 0 Å². The molecule has 1 N–H and O–H groups in total. The number of carbonyl (C=O) groups excluding carboxylic acids is 1. The van der Waals surface area contributed by atoms with E-state index in [4.69, 9.17) is 4.74 Å². The highest BCUT2D eigenvalue weighted by molar-refractivity contribution is 5.80. The Labute approximate surface area is 134 Å². The van der Waals surface area contributed by atoms with E-state index in [0.717, 1.165) is 18.7 Å². The van der Waals surface area contributed by atoms with Crippen molar-refractivity contribution in [1.82, 2.24) is 5.32 Å². The second kappa shape index (κ2) is 7.01. The number of nitrogens with zero attached hydrogens (tertiary/aromatic N) is 1. The monoisotopic (exact) mass is 306 g/mol. The minimum Gasteiger partial charge on any atom is -0.458 e. The lowest BCUT2D eigenvalue weighted by Crippen LogP contribution is -2.47. The van der Waals surface area contributed by atoms with Gasteiger partial charge in [-0.1, -0.05) is 38.5 Å². The summed E-state index contributed by atoms with van der Waals surface area (Å²) in [5, 5.41) is 3.21. The van der Waals surface area contributed by atoms with Gasteiger partial charge in [0.15, 0.2) is 0 Å². The van der Waals surface area contributed by atoms with E-state index in [0.29, 0.717) is 19.0 Å². The smallest absolute Gasteiger partial charge is 0.312 e. The van der Waals surface area contributed by atoms with Gasteiger partial charge in [0.05, 0.1) is 24.3 Å². The molecule has 3 rings (SSSR count). The summed E-state index contributed by atoms with van der Waals surface area (Å²) in [7, 11) is 0. The van der Waals surface area contributed by atoms with Crippen LogP contribution >= 0.6 is 0 Å². The molecule has 0 bridgehead atoms. The first-order chi connectivity index (χ1) is 10.7. The van der Waals surface area contributed by atoms with Crippen molar-refractivity contribution in [3.63, 3.8) is 0 Å². The van der Waals surface area contributed by atoms with Crippen molar-refractivity contribution in [1.29, 1.82) is 0 Å². The quantitative estimate of drug-likeness (QED) is 0.813. The van der Waals surface area contributed by atoms with Gasteiger partial charge in [0, 0.05) is 0 Å². The Morgan fingerprint density at radius 1 is 1.14 bits per heavy atom. The maximum absolute atomic E-state index is 13.1. The zero-order valence-electron chi connectivity index (χ0n) is 13.9. The summed E-state index contributed by atoms with van der Waals surface area (Å²) in [5.41, 5.74) is -0.186. The molecule has 2 fully saturated rings. The molecule has 0 aromatic heterocycles. The topological polar surface area (TPSA) is 50.7 Å². The molecule has 0 saturated heterocycles. The Bertz CT molecular complexity index is 421. The van der Waals surface area contributed by atoms with E-state index in [1.165, 1.54) is 51.4 Å². The molecule has 0 aromatic carbocycles. The number of amidine groups is 1. The number of rotatable bonds is 3. The van der Waals surface area contributed by atoms with E-state index < -0.39 is 0 Å². The first kappa shape index (κ1) is 15.8. The largest absolute Gasteiger partial charge is 0.458 e. The molecule has 4 nitrogen and oxygen atoms in total. The minimum absolute atomic E-state index is 0.0839. The fourth-order valence-electron chi connectivity index (χ4n) is 4.59. The molecule has 22 heavy (non-hydrogen) atoms. The molecule has 0 amide bonds. The van der Waals surface area contributed by atoms with E-state index >= 15 is 0 Å². The van der Waals surface area contributed by atoms with Crippen LogP contribution in [0.15, 0.2) is 4.99 Å². The molecule has 0 aromatic rings. The Morgan fingerprint density at radius 3 is 2.45 bits per heavy atom. The molecule has 1 unspecified atom stereocenters. The lowest BCUT2D eigenvalue weighted by Gasteiger charge is -2.43. The minimum atomic E-state index is -0.186. The number of ether oxygens (including phenoxy) is 1. The highest BCUT2D eigenvalue weighted by Gasteiger charge is 2.48. The summed E-state index contributed by atoms with van der Waals surface area (Å²) in [6.07, 6.45) is 12.0. The second-order valence-corrected chi connectivity index (χ2v) is 7.39. The third-order valence-electron chi connectivity index (χ3n) is 5.93. The molecular weight excluding hydrogens is 276 g/mol. The van der Waals surface area contributed by atoms with Crippen LogP contribution in [0, 0.1) is 11.3 Å². The van der Waals surface area contributed by atoms with E-state index in [1.54, 1.807) is 0 Å². The van der Waals surface area contributed by atoms with Crippen molar-refractivity contribution in [2.75, 3.05) is 13.1 Å². The lowest BCUT2D eigenvalue weighted by molar-refractivity contribution is -0.169. The van der Waals surface area contributed by atoms with Crippen LogP contribution in [0.5, 0.6) is 0 Å². The summed E-state index contributed by atoms with van der Waals surface area (Å²) < 4.78 is 5.93. The van der Waals surface area contributed by atoms with Gasteiger partial charge in [-0.25, -0.2) is 0 Å². The first-order valence-electron chi connectivity index (χ1n) is 9.17. The lowest BCUT2D eigenvalue weighted by atomic mass is 9.61. The average Bonchev–Trinajstić information content (AvgIpc) is 2.58. The van der Waals surface area contributed by atoms with E-state index in [2.05, 4.69) is 10.3 Å². The van der Waals surface area contributed by atoms with Gasteiger partial charge in [-0.15, -0.1) is 0 Å². The number of hydrogen-bond donors (Lipinski definition) is 1. The third-order valence-corrected chi connectivity index (χ3v) is 5.93. The molecular formula is C18H30N2O2. The molecule has 1 heterocycles. The summed E-state index contributed by atoms with van der Waals surface area (Å²) in [4.78, 5) is 17.4. The van der Waals surface area contributed by atoms with Crippen LogP contribution in [0.4, 0.5) is 0 Å². The van der Waals surface area contributed by atoms with Crippen molar-refractivity contribution < 1.29 is 9.53 Å².